The molecule has 0 amide bonds. The molecular formula is C15H31NO2. The summed E-state index contributed by atoms with van der Waals surface area (Å²) in [6, 6.07) is 1.58. The van der Waals surface area contributed by atoms with Gasteiger partial charge in [-0.25, -0.2) is 0 Å². The fourth-order valence-corrected chi connectivity index (χ4v) is 2.45. The Hall–Kier alpha value is -0.570. The molecule has 1 aliphatic heterocycles. The first-order valence-corrected chi connectivity index (χ1v) is 7.25. The van der Waals surface area contributed by atoms with Crippen LogP contribution in [-0.2, 0) is 9.53 Å². The summed E-state index contributed by atoms with van der Waals surface area (Å²) in [5.41, 5.74) is 0. The SMILES string of the molecule is CC(C)C1CCCCN1C(C)C.CC(C)OC=O. The van der Waals surface area contributed by atoms with Gasteiger partial charge >= 0.3 is 0 Å². The lowest BCUT2D eigenvalue weighted by Crippen LogP contribution is -2.46. The van der Waals surface area contributed by atoms with Crippen LogP contribution in [0.1, 0.15) is 60.8 Å². The second-order valence-corrected chi connectivity index (χ2v) is 5.92. The third kappa shape index (κ3) is 7.00. The van der Waals surface area contributed by atoms with E-state index in [1.165, 1.54) is 25.8 Å². The molecule has 0 aromatic heterocycles. The maximum absolute atomic E-state index is 9.39. The Morgan fingerprint density at radius 3 is 2.00 bits per heavy atom. The van der Waals surface area contributed by atoms with Gasteiger partial charge in [-0.05, 0) is 53.0 Å². The number of nitrogens with zero attached hydrogens (tertiary/aromatic N) is 1. The molecule has 18 heavy (non-hydrogen) atoms. The first kappa shape index (κ1) is 17.4. The van der Waals surface area contributed by atoms with Gasteiger partial charge in [-0.15, -0.1) is 0 Å². The molecule has 0 N–H and O–H groups in total. The van der Waals surface area contributed by atoms with Crippen LogP contribution in [0, 0.1) is 5.92 Å². The standard InChI is InChI=1S/C11H23N.C4H8O2/c1-9(2)11-7-5-6-8-12(11)10(3)4;1-4(2)6-3-5/h9-11H,5-8H2,1-4H3;3-4H,1-2H3. The summed E-state index contributed by atoms with van der Waals surface area (Å²) in [4.78, 5) is 12.1. The lowest BCUT2D eigenvalue weighted by atomic mass is 9.92. The van der Waals surface area contributed by atoms with Crippen LogP contribution in [-0.4, -0.2) is 36.1 Å². The van der Waals surface area contributed by atoms with Crippen LogP contribution < -0.4 is 0 Å². The predicted molar refractivity (Wildman–Crippen MR) is 76.6 cm³/mol. The maximum atomic E-state index is 9.39. The van der Waals surface area contributed by atoms with Gasteiger partial charge in [0.25, 0.3) is 6.47 Å². The minimum absolute atomic E-state index is 0.0301. The van der Waals surface area contributed by atoms with Crippen molar-refractivity contribution in [2.24, 2.45) is 5.92 Å². The van der Waals surface area contributed by atoms with E-state index in [1.54, 1.807) is 13.8 Å². The van der Waals surface area contributed by atoms with Crippen LogP contribution in [0.4, 0.5) is 0 Å². The molecule has 0 bridgehead atoms. The minimum Gasteiger partial charge on any atom is -0.465 e. The molecule has 0 aromatic carbocycles. The summed E-state index contributed by atoms with van der Waals surface area (Å²) in [5, 5.41) is 0. The Balaban J connectivity index is 0.000000411. The lowest BCUT2D eigenvalue weighted by Gasteiger charge is -2.40. The van der Waals surface area contributed by atoms with E-state index >= 15 is 0 Å². The largest absolute Gasteiger partial charge is 0.465 e. The van der Waals surface area contributed by atoms with Gasteiger partial charge in [-0.2, -0.15) is 0 Å². The molecule has 0 radical (unpaired) electrons. The van der Waals surface area contributed by atoms with Crippen molar-refractivity contribution >= 4 is 6.47 Å². The van der Waals surface area contributed by atoms with Crippen LogP contribution in [0.15, 0.2) is 0 Å². The van der Waals surface area contributed by atoms with E-state index in [0.29, 0.717) is 6.47 Å². The number of rotatable bonds is 4. The van der Waals surface area contributed by atoms with Crippen molar-refractivity contribution in [2.75, 3.05) is 6.54 Å². The molecule has 3 heteroatoms. The quantitative estimate of drug-likeness (QED) is 0.722. The molecule has 108 valence electrons. The number of hydrogen-bond acceptors (Lipinski definition) is 3. The highest BCUT2D eigenvalue weighted by Crippen LogP contribution is 2.24. The van der Waals surface area contributed by atoms with E-state index in [9.17, 15) is 4.79 Å². The average Bonchev–Trinajstić information content (AvgIpc) is 2.29. The fraction of sp³-hybridized carbons (Fsp3) is 0.933. The number of carbonyl (C=O) groups excluding carboxylic acids is 1. The summed E-state index contributed by atoms with van der Waals surface area (Å²) >= 11 is 0. The van der Waals surface area contributed by atoms with Crippen LogP contribution in [0.3, 0.4) is 0 Å². The normalized spacial score (nSPS) is 20.8. The van der Waals surface area contributed by atoms with Gasteiger partial charge < -0.3 is 4.74 Å². The van der Waals surface area contributed by atoms with Gasteiger partial charge in [0.1, 0.15) is 0 Å². The second kappa shape index (κ2) is 9.37. The van der Waals surface area contributed by atoms with Gasteiger partial charge in [0, 0.05) is 12.1 Å². The Labute approximate surface area is 113 Å². The summed E-state index contributed by atoms with van der Waals surface area (Å²) in [6.45, 7) is 14.7. The third-order valence-electron chi connectivity index (χ3n) is 3.35. The first-order valence-electron chi connectivity index (χ1n) is 7.25. The highest BCUT2D eigenvalue weighted by atomic mass is 16.5. The highest BCUT2D eigenvalue weighted by molar-refractivity contribution is 5.37. The topological polar surface area (TPSA) is 29.5 Å². The lowest BCUT2D eigenvalue weighted by molar-refractivity contribution is -0.131. The Kier molecular flexibility index (Phi) is 9.08. The Bertz CT molecular complexity index is 199. The van der Waals surface area contributed by atoms with Crippen molar-refractivity contribution in [1.29, 1.82) is 0 Å². The van der Waals surface area contributed by atoms with Gasteiger partial charge in [0.05, 0.1) is 6.10 Å². The smallest absolute Gasteiger partial charge is 0.293 e. The van der Waals surface area contributed by atoms with Crippen LogP contribution in [0.2, 0.25) is 0 Å². The van der Waals surface area contributed by atoms with E-state index in [-0.39, 0.29) is 6.10 Å². The molecule has 1 fully saturated rings. The molecule has 0 saturated carbocycles. The monoisotopic (exact) mass is 257 g/mol. The Morgan fingerprint density at radius 1 is 1.11 bits per heavy atom. The van der Waals surface area contributed by atoms with Crippen LogP contribution in [0.25, 0.3) is 0 Å². The van der Waals surface area contributed by atoms with Crippen molar-refractivity contribution in [2.45, 2.75) is 79.0 Å². The van der Waals surface area contributed by atoms with Gasteiger partial charge in [-0.1, -0.05) is 20.3 Å². The summed E-state index contributed by atoms with van der Waals surface area (Å²) in [6.07, 6.45) is 4.28. The third-order valence-corrected chi connectivity index (χ3v) is 3.35. The molecule has 1 rings (SSSR count). The molecule has 0 aliphatic carbocycles. The molecule has 1 aliphatic rings. The maximum Gasteiger partial charge on any atom is 0.293 e. The Morgan fingerprint density at radius 2 is 1.72 bits per heavy atom. The molecule has 3 nitrogen and oxygen atoms in total. The van der Waals surface area contributed by atoms with Gasteiger partial charge in [0.15, 0.2) is 0 Å². The summed E-state index contributed by atoms with van der Waals surface area (Å²) in [7, 11) is 0. The molecule has 0 aromatic rings. The fourth-order valence-electron chi connectivity index (χ4n) is 2.45. The average molecular weight is 257 g/mol. The van der Waals surface area contributed by atoms with E-state index in [0.717, 1.165) is 18.0 Å². The number of ether oxygens (including phenoxy) is 1. The van der Waals surface area contributed by atoms with E-state index in [2.05, 4.69) is 37.3 Å². The van der Waals surface area contributed by atoms with Crippen molar-refractivity contribution < 1.29 is 9.53 Å². The number of likely N-dealkylation sites (tertiary alicyclic amines) is 1. The van der Waals surface area contributed by atoms with Gasteiger partial charge in [0.2, 0.25) is 0 Å². The molecule has 1 heterocycles. The van der Waals surface area contributed by atoms with Crippen molar-refractivity contribution in [3.63, 3.8) is 0 Å². The minimum atomic E-state index is 0.0301. The molecular weight excluding hydrogens is 226 g/mol. The van der Waals surface area contributed by atoms with Crippen LogP contribution in [0.5, 0.6) is 0 Å². The first-order chi connectivity index (χ1) is 8.40. The molecule has 0 spiro atoms. The van der Waals surface area contributed by atoms with Crippen LogP contribution >= 0.6 is 0 Å². The zero-order valence-corrected chi connectivity index (χ0v) is 13.0. The van der Waals surface area contributed by atoms with E-state index < -0.39 is 0 Å². The molecule has 1 atom stereocenters. The van der Waals surface area contributed by atoms with E-state index in [4.69, 9.17) is 0 Å². The molecule has 1 saturated heterocycles. The van der Waals surface area contributed by atoms with Crippen molar-refractivity contribution in [3.8, 4) is 0 Å². The van der Waals surface area contributed by atoms with E-state index in [1.807, 2.05) is 0 Å². The van der Waals surface area contributed by atoms with Crippen molar-refractivity contribution in [1.82, 2.24) is 4.90 Å². The van der Waals surface area contributed by atoms with Gasteiger partial charge in [-0.3, -0.25) is 9.69 Å². The number of carbonyl (C=O) groups is 1. The molecule has 1 unspecified atom stereocenters. The van der Waals surface area contributed by atoms with Crippen molar-refractivity contribution in [3.05, 3.63) is 0 Å². The number of piperidine rings is 1. The zero-order valence-electron chi connectivity index (χ0n) is 13.0. The highest BCUT2D eigenvalue weighted by Gasteiger charge is 2.26. The second-order valence-electron chi connectivity index (χ2n) is 5.92. The zero-order chi connectivity index (χ0) is 14.1. The number of hydrogen-bond donors (Lipinski definition) is 0. The summed E-state index contributed by atoms with van der Waals surface area (Å²) in [5.74, 6) is 0.827. The summed E-state index contributed by atoms with van der Waals surface area (Å²) < 4.78 is 4.36. The predicted octanol–water partition coefficient (Wildman–Crippen LogP) is 3.47.